The number of allylic oxidation sites excluding steroid dienone is 9. The summed E-state index contributed by atoms with van der Waals surface area (Å²) < 4.78 is 5.85. The van der Waals surface area contributed by atoms with Crippen LogP contribution in [0.25, 0.3) is 0 Å². The number of hydrogen-bond acceptors (Lipinski definition) is 2. The fourth-order valence-electron chi connectivity index (χ4n) is 2.16. The molecule has 1 rings (SSSR count). The van der Waals surface area contributed by atoms with E-state index in [1.807, 2.05) is 37.3 Å². The molecule has 2 nitrogen and oxygen atoms in total. The number of rotatable bonds is 9. The third-order valence-corrected chi connectivity index (χ3v) is 3.70. The van der Waals surface area contributed by atoms with Crippen molar-refractivity contribution in [2.75, 3.05) is 6.61 Å². The highest BCUT2D eigenvalue weighted by molar-refractivity contribution is 5.60. The molecule has 0 N–H and O–H groups in total. The van der Waals surface area contributed by atoms with E-state index < -0.39 is 0 Å². The molecule has 0 saturated heterocycles. The fraction of sp³-hybridized carbons (Fsp3) is 0.381. The van der Waals surface area contributed by atoms with Crippen molar-refractivity contribution in [2.24, 2.45) is 5.92 Å². The second-order valence-corrected chi connectivity index (χ2v) is 5.72. The third-order valence-electron chi connectivity index (χ3n) is 3.70. The van der Waals surface area contributed by atoms with Crippen LogP contribution in [0.5, 0.6) is 0 Å². The maximum Gasteiger partial charge on any atom is 0.130 e. The quantitative estimate of drug-likeness (QED) is 0.417. The Morgan fingerprint density at radius 3 is 2.70 bits per heavy atom. The average Bonchev–Trinajstić information content (AvgIpc) is 2.78. The van der Waals surface area contributed by atoms with E-state index in [1.54, 1.807) is 0 Å². The van der Waals surface area contributed by atoms with Gasteiger partial charge in [0.05, 0.1) is 5.92 Å². The van der Waals surface area contributed by atoms with E-state index in [0.717, 1.165) is 36.9 Å². The van der Waals surface area contributed by atoms with Gasteiger partial charge in [0, 0.05) is 0 Å². The van der Waals surface area contributed by atoms with Crippen LogP contribution < -0.4 is 0 Å². The Morgan fingerprint density at radius 1 is 1.30 bits per heavy atom. The van der Waals surface area contributed by atoms with Gasteiger partial charge in [0.15, 0.2) is 0 Å². The molecule has 0 fully saturated rings. The first-order valence-corrected chi connectivity index (χ1v) is 8.29. The molecule has 0 aromatic rings. The van der Waals surface area contributed by atoms with Crippen LogP contribution in [-0.4, -0.2) is 12.9 Å². The Morgan fingerprint density at radius 2 is 2.09 bits per heavy atom. The van der Waals surface area contributed by atoms with Gasteiger partial charge >= 0.3 is 0 Å². The average molecular weight is 312 g/mol. The van der Waals surface area contributed by atoms with E-state index in [-0.39, 0.29) is 5.92 Å². The Bertz CT molecular complexity index is 556. The molecule has 1 aliphatic carbocycles. The van der Waals surface area contributed by atoms with Gasteiger partial charge in [0.25, 0.3) is 0 Å². The van der Waals surface area contributed by atoms with Crippen molar-refractivity contribution in [1.29, 1.82) is 0 Å². The van der Waals surface area contributed by atoms with E-state index in [4.69, 9.17) is 4.74 Å². The molecule has 0 bridgehead atoms. The number of aldehydes is 1. The van der Waals surface area contributed by atoms with Gasteiger partial charge in [0.1, 0.15) is 18.7 Å². The van der Waals surface area contributed by atoms with Crippen LogP contribution >= 0.6 is 0 Å². The van der Waals surface area contributed by atoms with E-state index in [2.05, 4.69) is 32.6 Å². The van der Waals surface area contributed by atoms with Crippen molar-refractivity contribution in [3.63, 3.8) is 0 Å². The predicted molar refractivity (Wildman–Crippen MR) is 98.0 cm³/mol. The monoisotopic (exact) mass is 312 g/mol. The van der Waals surface area contributed by atoms with Gasteiger partial charge in [-0.3, -0.25) is 0 Å². The van der Waals surface area contributed by atoms with E-state index >= 15 is 0 Å². The lowest BCUT2D eigenvalue weighted by Crippen LogP contribution is -1.97. The molecule has 0 aromatic heterocycles. The largest absolute Gasteiger partial charge is 0.489 e. The summed E-state index contributed by atoms with van der Waals surface area (Å²) >= 11 is 0. The molecule has 0 saturated carbocycles. The maximum absolute atomic E-state index is 10.8. The highest BCUT2D eigenvalue weighted by Gasteiger charge is 2.03. The lowest BCUT2D eigenvalue weighted by Gasteiger charge is -2.09. The van der Waals surface area contributed by atoms with Gasteiger partial charge in [-0.15, -0.1) is 0 Å². The minimum absolute atomic E-state index is 0.163. The van der Waals surface area contributed by atoms with Crippen molar-refractivity contribution in [3.8, 4) is 0 Å². The Labute approximate surface area is 140 Å². The molecular weight excluding hydrogens is 284 g/mol. The zero-order valence-corrected chi connectivity index (χ0v) is 14.5. The van der Waals surface area contributed by atoms with E-state index in [1.165, 1.54) is 11.1 Å². The van der Waals surface area contributed by atoms with Crippen molar-refractivity contribution < 1.29 is 9.53 Å². The summed E-state index contributed by atoms with van der Waals surface area (Å²) in [4.78, 5) is 10.8. The lowest BCUT2D eigenvalue weighted by atomic mass is 10.0. The summed E-state index contributed by atoms with van der Waals surface area (Å²) in [7, 11) is 0. The molecule has 1 aliphatic rings. The van der Waals surface area contributed by atoms with Gasteiger partial charge in [-0.05, 0) is 43.1 Å². The molecule has 23 heavy (non-hydrogen) atoms. The number of hydrogen-bond donors (Lipinski definition) is 0. The van der Waals surface area contributed by atoms with Crippen LogP contribution in [0.2, 0.25) is 0 Å². The van der Waals surface area contributed by atoms with Crippen molar-refractivity contribution in [3.05, 3.63) is 71.6 Å². The standard InChI is InChI=1S/C21H28O2/c1-5-8-20(17(3)4)13-11-18(6-2)16-23-21-10-7-9-19(15-22)12-14-21/h7,9-15,19H,3,5-6,8,16H2,1-2,4H3/b18-11+,20-13-. The van der Waals surface area contributed by atoms with Crippen molar-refractivity contribution in [1.82, 2.24) is 0 Å². The van der Waals surface area contributed by atoms with Crippen molar-refractivity contribution >= 4 is 6.29 Å². The lowest BCUT2D eigenvalue weighted by molar-refractivity contribution is -0.108. The molecule has 1 atom stereocenters. The highest BCUT2D eigenvalue weighted by atomic mass is 16.5. The topological polar surface area (TPSA) is 26.3 Å². The minimum atomic E-state index is -0.163. The minimum Gasteiger partial charge on any atom is -0.489 e. The predicted octanol–water partition coefficient (Wildman–Crippen LogP) is 5.47. The number of carbonyl (C=O) groups is 1. The van der Waals surface area contributed by atoms with Crippen LogP contribution in [0, 0.1) is 5.92 Å². The summed E-state index contributed by atoms with van der Waals surface area (Å²) in [6, 6.07) is 0. The third kappa shape index (κ3) is 7.14. The van der Waals surface area contributed by atoms with Crippen molar-refractivity contribution in [2.45, 2.75) is 40.0 Å². The van der Waals surface area contributed by atoms with Gasteiger partial charge in [-0.25, -0.2) is 0 Å². The highest BCUT2D eigenvalue weighted by Crippen LogP contribution is 2.16. The summed E-state index contributed by atoms with van der Waals surface area (Å²) in [5, 5.41) is 0. The molecule has 0 aromatic carbocycles. The van der Waals surface area contributed by atoms with Gasteiger partial charge < -0.3 is 9.53 Å². The van der Waals surface area contributed by atoms with Gasteiger partial charge in [-0.1, -0.05) is 62.8 Å². The number of carbonyl (C=O) groups excluding carboxylic acids is 1. The number of ether oxygens (including phenoxy) is 1. The molecule has 0 amide bonds. The van der Waals surface area contributed by atoms with Crippen LogP contribution in [-0.2, 0) is 9.53 Å². The molecule has 0 aliphatic heterocycles. The van der Waals surface area contributed by atoms with Crippen LogP contribution in [0.3, 0.4) is 0 Å². The Balaban J connectivity index is 2.70. The second kappa shape index (κ2) is 10.6. The first kappa shape index (κ1) is 19.0. The normalized spacial score (nSPS) is 18.4. The molecule has 1 unspecified atom stereocenters. The maximum atomic E-state index is 10.8. The first-order chi connectivity index (χ1) is 11.1. The summed E-state index contributed by atoms with van der Waals surface area (Å²) in [6.07, 6.45) is 17.6. The molecule has 0 radical (unpaired) electrons. The summed E-state index contributed by atoms with van der Waals surface area (Å²) in [5.74, 6) is 0.617. The Kier molecular flexibility index (Phi) is 8.74. The van der Waals surface area contributed by atoms with Crippen LogP contribution in [0.1, 0.15) is 40.0 Å². The molecule has 0 heterocycles. The molecular formula is C21H28O2. The molecule has 2 heteroatoms. The Hall–Kier alpha value is -2.09. The van der Waals surface area contributed by atoms with Gasteiger partial charge in [0.2, 0.25) is 0 Å². The van der Waals surface area contributed by atoms with E-state index in [0.29, 0.717) is 6.61 Å². The zero-order valence-electron chi connectivity index (χ0n) is 14.5. The zero-order chi connectivity index (χ0) is 17.1. The van der Waals surface area contributed by atoms with Crippen LogP contribution in [0.15, 0.2) is 71.6 Å². The first-order valence-electron chi connectivity index (χ1n) is 8.29. The molecule has 0 spiro atoms. The summed E-state index contributed by atoms with van der Waals surface area (Å²) in [5.41, 5.74) is 3.65. The summed E-state index contributed by atoms with van der Waals surface area (Å²) in [6.45, 7) is 10.9. The van der Waals surface area contributed by atoms with Gasteiger partial charge in [-0.2, -0.15) is 0 Å². The smallest absolute Gasteiger partial charge is 0.130 e. The second-order valence-electron chi connectivity index (χ2n) is 5.72. The molecule has 124 valence electrons. The van der Waals surface area contributed by atoms with E-state index in [9.17, 15) is 4.79 Å². The SMILES string of the molecule is C=C(C)/C(=C\C=C(/CC)COC1=CC=CC(C=O)C=C1)CCC. The fourth-order valence-corrected chi connectivity index (χ4v) is 2.16. The van der Waals surface area contributed by atoms with Crippen LogP contribution in [0.4, 0.5) is 0 Å².